The van der Waals surface area contributed by atoms with Gasteiger partial charge in [0.1, 0.15) is 0 Å². The first-order valence-electron chi connectivity index (χ1n) is 10.1. The lowest BCUT2D eigenvalue weighted by Gasteiger charge is -2.33. The molecule has 0 aromatic heterocycles. The predicted octanol–water partition coefficient (Wildman–Crippen LogP) is 5.26. The first kappa shape index (κ1) is 30.8. The zero-order valence-corrected chi connectivity index (χ0v) is 18.9. The van der Waals surface area contributed by atoms with Gasteiger partial charge in [-0.25, -0.2) is 0 Å². The zero-order chi connectivity index (χ0) is 20.5. The molecule has 0 aliphatic heterocycles. The number of unbranched alkanes of at least 4 members (excludes halogenated alkanes) is 4. The van der Waals surface area contributed by atoms with Gasteiger partial charge in [-0.3, -0.25) is 8.98 Å². The molecule has 5 N–H and O–H groups in total. The molecule has 0 unspecified atom stereocenters. The Bertz CT molecular complexity index is 443. The van der Waals surface area contributed by atoms with Crippen molar-refractivity contribution < 1.29 is 17.4 Å². The quantitative estimate of drug-likeness (QED) is 0.217. The Hall–Kier alpha value is -0.920. The first-order chi connectivity index (χ1) is 12.3. The molecule has 0 aliphatic carbocycles. The van der Waals surface area contributed by atoms with Gasteiger partial charge in [0, 0.05) is 0 Å². The molecule has 1 amide bonds. The molecule has 0 spiro atoms. The summed E-state index contributed by atoms with van der Waals surface area (Å²) >= 11 is 0. The maximum absolute atomic E-state index is 12.8. The van der Waals surface area contributed by atoms with Crippen molar-refractivity contribution in [3.8, 4) is 0 Å². The minimum atomic E-state index is -3.47. The monoisotopic (exact) mass is 408 g/mol. The van der Waals surface area contributed by atoms with Crippen LogP contribution in [0.5, 0.6) is 0 Å². The molecule has 164 valence electrons. The average Bonchev–Trinajstić information content (AvgIpc) is 2.61. The molecule has 0 radical (unpaired) electrons. The van der Waals surface area contributed by atoms with Crippen LogP contribution < -0.4 is 11.9 Å². The fourth-order valence-corrected chi connectivity index (χ4v) is 4.46. The van der Waals surface area contributed by atoms with Crippen molar-refractivity contribution in [2.24, 2.45) is 5.73 Å². The van der Waals surface area contributed by atoms with Crippen molar-refractivity contribution in [1.82, 2.24) is 6.15 Å². The van der Waals surface area contributed by atoms with Gasteiger partial charge in [-0.05, 0) is 31.8 Å². The SMILES string of the molecule is C=CC(N)=O.CCCCOS(=O)(=O)C(CCCC)(CCCC)CCCC.N. The molecule has 0 bridgehead atoms. The number of hydrogen-bond donors (Lipinski definition) is 2. The number of rotatable bonds is 15. The Kier molecular flexibility index (Phi) is 21.0. The van der Waals surface area contributed by atoms with Gasteiger partial charge in [0.05, 0.1) is 11.4 Å². The molecule has 0 aromatic carbocycles. The summed E-state index contributed by atoms with van der Waals surface area (Å²) in [4.78, 5) is 9.47. The van der Waals surface area contributed by atoms with Gasteiger partial charge in [0.15, 0.2) is 0 Å². The molecule has 0 heterocycles. The minimum Gasteiger partial charge on any atom is -0.366 e. The van der Waals surface area contributed by atoms with Crippen molar-refractivity contribution in [3.63, 3.8) is 0 Å². The van der Waals surface area contributed by atoms with E-state index in [2.05, 4.69) is 40.0 Å². The second kappa shape index (κ2) is 18.4. The van der Waals surface area contributed by atoms with Gasteiger partial charge >= 0.3 is 0 Å². The van der Waals surface area contributed by atoms with Gasteiger partial charge in [-0.15, -0.1) is 0 Å². The van der Waals surface area contributed by atoms with E-state index in [0.29, 0.717) is 6.61 Å². The van der Waals surface area contributed by atoms with Crippen LogP contribution in [-0.4, -0.2) is 25.7 Å². The van der Waals surface area contributed by atoms with Crippen molar-refractivity contribution in [2.75, 3.05) is 6.61 Å². The van der Waals surface area contributed by atoms with Gasteiger partial charge < -0.3 is 11.9 Å². The average molecular weight is 409 g/mol. The smallest absolute Gasteiger partial charge is 0.273 e. The molecule has 0 aliphatic rings. The molecule has 0 fully saturated rings. The van der Waals surface area contributed by atoms with Gasteiger partial charge in [0.2, 0.25) is 5.91 Å². The fraction of sp³-hybridized carbons (Fsp3) is 0.850. The topological polar surface area (TPSA) is 121 Å². The summed E-state index contributed by atoms with van der Waals surface area (Å²) in [6, 6.07) is 0. The molecular formula is C20H44N2O4S. The van der Waals surface area contributed by atoms with Crippen LogP contribution in [0.3, 0.4) is 0 Å². The van der Waals surface area contributed by atoms with Gasteiger partial charge in [-0.1, -0.05) is 79.2 Å². The van der Waals surface area contributed by atoms with Crippen LogP contribution in [0.4, 0.5) is 0 Å². The molecule has 0 saturated heterocycles. The summed E-state index contributed by atoms with van der Waals surface area (Å²) in [5.41, 5.74) is 4.53. The number of carbonyl (C=O) groups excluding carboxylic acids is 1. The van der Waals surface area contributed by atoms with Crippen LogP contribution in [0, 0.1) is 0 Å². The molecule has 7 heteroatoms. The largest absolute Gasteiger partial charge is 0.366 e. The molecule has 6 nitrogen and oxygen atoms in total. The Morgan fingerprint density at radius 2 is 1.26 bits per heavy atom. The minimum absolute atomic E-state index is 0. The van der Waals surface area contributed by atoms with E-state index in [4.69, 9.17) is 4.18 Å². The van der Waals surface area contributed by atoms with Crippen LogP contribution in [0.1, 0.15) is 98.3 Å². The van der Waals surface area contributed by atoms with E-state index >= 15 is 0 Å². The highest BCUT2D eigenvalue weighted by atomic mass is 32.2. The number of amides is 1. The second-order valence-electron chi connectivity index (χ2n) is 6.73. The van der Waals surface area contributed by atoms with Crippen LogP contribution in [0.15, 0.2) is 12.7 Å². The Morgan fingerprint density at radius 3 is 1.52 bits per heavy atom. The Balaban J connectivity index is -0.000000844. The summed E-state index contributed by atoms with van der Waals surface area (Å²) in [5, 5.41) is 0. The highest BCUT2D eigenvalue weighted by Crippen LogP contribution is 2.36. The van der Waals surface area contributed by atoms with Crippen molar-refractivity contribution in [1.29, 1.82) is 0 Å². The summed E-state index contributed by atoms with van der Waals surface area (Å²) < 4.78 is 30.4. The van der Waals surface area contributed by atoms with E-state index in [1.165, 1.54) is 0 Å². The van der Waals surface area contributed by atoms with E-state index in [9.17, 15) is 13.2 Å². The van der Waals surface area contributed by atoms with Crippen LogP contribution in [0.2, 0.25) is 0 Å². The van der Waals surface area contributed by atoms with E-state index in [0.717, 1.165) is 76.7 Å². The molecule has 0 saturated carbocycles. The molecule has 0 aromatic rings. The molecule has 0 atom stereocenters. The fourth-order valence-electron chi connectivity index (χ4n) is 2.68. The van der Waals surface area contributed by atoms with Crippen molar-refractivity contribution in [3.05, 3.63) is 12.7 Å². The van der Waals surface area contributed by atoms with E-state index in [-0.39, 0.29) is 6.15 Å². The number of primary amides is 1. The third-order valence-corrected chi connectivity index (χ3v) is 6.58. The normalized spacial score (nSPS) is 11.1. The lowest BCUT2D eigenvalue weighted by molar-refractivity contribution is -0.113. The number of hydrogen-bond acceptors (Lipinski definition) is 5. The third-order valence-electron chi connectivity index (χ3n) is 4.43. The van der Waals surface area contributed by atoms with E-state index in [1.54, 1.807) is 0 Å². The Labute approximate surface area is 168 Å². The molecule has 27 heavy (non-hydrogen) atoms. The summed E-state index contributed by atoms with van der Waals surface area (Å²) in [6.45, 7) is 11.8. The van der Waals surface area contributed by atoms with Gasteiger partial charge in [-0.2, -0.15) is 8.42 Å². The van der Waals surface area contributed by atoms with Crippen molar-refractivity contribution in [2.45, 2.75) is 103 Å². The maximum atomic E-state index is 12.8. The molecule has 0 rings (SSSR count). The van der Waals surface area contributed by atoms with Crippen molar-refractivity contribution >= 4 is 16.0 Å². The van der Waals surface area contributed by atoms with Gasteiger partial charge in [0.25, 0.3) is 10.1 Å². The summed E-state index contributed by atoms with van der Waals surface area (Å²) in [7, 11) is -3.47. The summed E-state index contributed by atoms with van der Waals surface area (Å²) in [5.74, 6) is -0.481. The van der Waals surface area contributed by atoms with Crippen LogP contribution in [-0.2, 0) is 19.1 Å². The highest BCUT2D eigenvalue weighted by molar-refractivity contribution is 7.88. The lowest BCUT2D eigenvalue weighted by atomic mass is 9.90. The lowest BCUT2D eigenvalue weighted by Crippen LogP contribution is -2.40. The third kappa shape index (κ3) is 13.8. The van der Waals surface area contributed by atoms with Crippen LogP contribution in [0.25, 0.3) is 0 Å². The molecular weight excluding hydrogens is 364 g/mol. The maximum Gasteiger partial charge on any atom is 0.273 e. The summed E-state index contributed by atoms with van der Waals surface area (Å²) in [6.07, 6.45) is 11.1. The van der Waals surface area contributed by atoms with E-state index < -0.39 is 20.8 Å². The highest BCUT2D eigenvalue weighted by Gasteiger charge is 2.42. The predicted molar refractivity (Wildman–Crippen MR) is 115 cm³/mol. The van der Waals surface area contributed by atoms with Crippen LogP contribution >= 0.6 is 0 Å². The number of carbonyl (C=O) groups is 1. The second-order valence-corrected chi connectivity index (χ2v) is 8.74. The van der Waals surface area contributed by atoms with E-state index in [1.807, 2.05) is 0 Å². The standard InChI is InChI=1S/C17H36O3S.C3H5NO.H3N/c1-5-9-13-17(14-10-6-2,15-11-7-3)21(18,19)20-16-12-8-4;1-2-3(4)5;/h5-16H2,1-4H3;2H,1H2,(H2,4,5);1H3. The number of nitrogens with two attached hydrogens (primary N) is 1. The Morgan fingerprint density at radius 1 is 0.926 bits per heavy atom. The zero-order valence-electron chi connectivity index (χ0n) is 18.1. The first-order valence-corrected chi connectivity index (χ1v) is 11.5.